The second kappa shape index (κ2) is 9.54. The van der Waals surface area contributed by atoms with E-state index in [-0.39, 0.29) is 12.5 Å². The van der Waals surface area contributed by atoms with Crippen molar-refractivity contribution in [2.45, 2.75) is 6.54 Å². The summed E-state index contributed by atoms with van der Waals surface area (Å²) in [6.07, 6.45) is 3.14. The summed E-state index contributed by atoms with van der Waals surface area (Å²) < 4.78 is 10.5. The molecule has 150 valence electrons. The zero-order chi connectivity index (χ0) is 20.7. The molecule has 1 heterocycles. The van der Waals surface area contributed by atoms with Crippen molar-refractivity contribution in [3.05, 3.63) is 35.7 Å². The van der Waals surface area contributed by atoms with Crippen molar-refractivity contribution in [3.8, 4) is 11.5 Å². The minimum Gasteiger partial charge on any atom is -0.493 e. The van der Waals surface area contributed by atoms with E-state index in [0.717, 1.165) is 5.56 Å². The molecule has 1 amide bonds. The standard InChI is InChI=1S/C19H26N6O3/c1-24(2)18-21-16(22-19(23-18)25(3)4)12-20-17(26)10-8-13-7-9-14(27-5)15(11-13)28-6/h7-11H,12H2,1-6H3,(H,20,26). The molecule has 0 fully saturated rings. The van der Waals surface area contributed by atoms with Crippen molar-refractivity contribution in [2.75, 3.05) is 52.2 Å². The summed E-state index contributed by atoms with van der Waals surface area (Å²) in [7, 11) is 10.5. The number of carbonyl (C=O) groups is 1. The molecular weight excluding hydrogens is 360 g/mol. The van der Waals surface area contributed by atoms with Crippen LogP contribution in [-0.4, -0.2) is 63.3 Å². The van der Waals surface area contributed by atoms with E-state index in [9.17, 15) is 4.79 Å². The van der Waals surface area contributed by atoms with E-state index in [1.165, 1.54) is 6.08 Å². The van der Waals surface area contributed by atoms with Gasteiger partial charge in [-0.25, -0.2) is 0 Å². The molecule has 0 radical (unpaired) electrons. The predicted molar refractivity (Wildman–Crippen MR) is 109 cm³/mol. The molecule has 2 rings (SSSR count). The number of rotatable bonds is 8. The molecule has 9 nitrogen and oxygen atoms in total. The molecule has 0 saturated heterocycles. The Kier molecular flexibility index (Phi) is 7.14. The zero-order valence-corrected chi connectivity index (χ0v) is 17.1. The first-order chi connectivity index (χ1) is 13.3. The normalized spacial score (nSPS) is 10.6. The topological polar surface area (TPSA) is 92.7 Å². The molecule has 0 aliphatic carbocycles. The molecule has 0 aliphatic rings. The van der Waals surface area contributed by atoms with Gasteiger partial charge in [0.2, 0.25) is 17.8 Å². The van der Waals surface area contributed by atoms with Crippen molar-refractivity contribution >= 4 is 23.9 Å². The Balaban J connectivity index is 2.05. The summed E-state index contributed by atoms with van der Waals surface area (Å²) in [5.74, 6) is 2.52. The lowest BCUT2D eigenvalue weighted by molar-refractivity contribution is -0.116. The zero-order valence-electron chi connectivity index (χ0n) is 17.1. The summed E-state index contributed by atoms with van der Waals surface area (Å²) in [4.78, 5) is 28.8. The summed E-state index contributed by atoms with van der Waals surface area (Å²) in [6.45, 7) is 0.194. The van der Waals surface area contributed by atoms with Gasteiger partial charge in [0.25, 0.3) is 0 Å². The molecule has 0 spiro atoms. The van der Waals surface area contributed by atoms with Gasteiger partial charge in [0.15, 0.2) is 17.3 Å². The highest BCUT2D eigenvalue weighted by molar-refractivity contribution is 5.91. The van der Waals surface area contributed by atoms with Crippen molar-refractivity contribution in [2.24, 2.45) is 0 Å². The van der Waals surface area contributed by atoms with E-state index < -0.39 is 0 Å². The van der Waals surface area contributed by atoms with Crippen LogP contribution in [0, 0.1) is 0 Å². The minimum absolute atomic E-state index is 0.194. The van der Waals surface area contributed by atoms with Gasteiger partial charge in [-0.15, -0.1) is 0 Å². The van der Waals surface area contributed by atoms with Crippen molar-refractivity contribution in [1.82, 2.24) is 20.3 Å². The van der Waals surface area contributed by atoms with E-state index in [2.05, 4.69) is 20.3 Å². The van der Waals surface area contributed by atoms with E-state index in [1.54, 1.807) is 42.2 Å². The molecule has 0 saturated carbocycles. The Bertz CT molecular complexity index is 825. The monoisotopic (exact) mass is 386 g/mol. The number of aromatic nitrogens is 3. The number of nitrogens with one attached hydrogen (secondary N) is 1. The van der Waals surface area contributed by atoms with Gasteiger partial charge in [-0.3, -0.25) is 4.79 Å². The van der Waals surface area contributed by atoms with Crippen LogP contribution in [-0.2, 0) is 11.3 Å². The van der Waals surface area contributed by atoms with Gasteiger partial charge in [0, 0.05) is 34.3 Å². The maximum absolute atomic E-state index is 12.2. The molecule has 2 aromatic rings. The van der Waals surface area contributed by atoms with Crippen LogP contribution in [0.2, 0.25) is 0 Å². The van der Waals surface area contributed by atoms with Crippen LogP contribution >= 0.6 is 0 Å². The number of amides is 1. The van der Waals surface area contributed by atoms with Crippen LogP contribution < -0.4 is 24.6 Å². The molecule has 9 heteroatoms. The quantitative estimate of drug-likeness (QED) is 0.680. The van der Waals surface area contributed by atoms with Crippen LogP contribution in [0.15, 0.2) is 24.3 Å². The maximum Gasteiger partial charge on any atom is 0.244 e. The molecule has 0 aliphatic heterocycles. The van der Waals surface area contributed by atoms with Crippen LogP contribution in [0.25, 0.3) is 6.08 Å². The number of methoxy groups -OCH3 is 2. The highest BCUT2D eigenvalue weighted by atomic mass is 16.5. The molecule has 1 aromatic heterocycles. The summed E-state index contributed by atoms with van der Waals surface area (Å²) >= 11 is 0. The van der Waals surface area contributed by atoms with Crippen molar-refractivity contribution in [1.29, 1.82) is 0 Å². The largest absolute Gasteiger partial charge is 0.493 e. The van der Waals surface area contributed by atoms with E-state index >= 15 is 0 Å². The molecule has 0 atom stereocenters. The van der Waals surface area contributed by atoms with Gasteiger partial charge in [0.1, 0.15) is 0 Å². The Morgan fingerprint density at radius 1 is 1.00 bits per heavy atom. The van der Waals surface area contributed by atoms with Gasteiger partial charge in [0.05, 0.1) is 20.8 Å². The second-order valence-corrected chi connectivity index (χ2v) is 6.31. The van der Waals surface area contributed by atoms with E-state index in [0.29, 0.717) is 29.2 Å². The molecule has 0 unspecified atom stereocenters. The van der Waals surface area contributed by atoms with Crippen molar-refractivity contribution < 1.29 is 14.3 Å². The Morgan fingerprint density at radius 2 is 1.61 bits per heavy atom. The van der Waals surface area contributed by atoms with Gasteiger partial charge >= 0.3 is 0 Å². The maximum atomic E-state index is 12.2. The molecular formula is C19H26N6O3. The third kappa shape index (κ3) is 5.57. The van der Waals surface area contributed by atoms with Gasteiger partial charge < -0.3 is 24.6 Å². The lowest BCUT2D eigenvalue weighted by Crippen LogP contribution is -2.25. The molecule has 1 aromatic carbocycles. The van der Waals surface area contributed by atoms with Crippen molar-refractivity contribution in [3.63, 3.8) is 0 Å². The highest BCUT2D eigenvalue weighted by Crippen LogP contribution is 2.27. The van der Waals surface area contributed by atoms with E-state index in [4.69, 9.17) is 9.47 Å². The third-order valence-electron chi connectivity index (χ3n) is 3.71. The SMILES string of the molecule is COc1ccc(C=CC(=O)NCc2nc(N(C)C)nc(N(C)C)n2)cc1OC. The fraction of sp³-hybridized carbons (Fsp3) is 0.368. The summed E-state index contributed by atoms with van der Waals surface area (Å²) in [6, 6.07) is 5.41. The first-order valence-electron chi connectivity index (χ1n) is 8.61. The molecule has 1 N–H and O–H groups in total. The molecule has 28 heavy (non-hydrogen) atoms. The number of nitrogens with zero attached hydrogens (tertiary/aromatic N) is 5. The predicted octanol–water partition coefficient (Wildman–Crippen LogP) is 1.35. The van der Waals surface area contributed by atoms with Crippen LogP contribution in [0.1, 0.15) is 11.4 Å². The Morgan fingerprint density at radius 3 is 2.14 bits per heavy atom. The lowest BCUT2D eigenvalue weighted by Gasteiger charge is -2.16. The van der Waals surface area contributed by atoms with Crippen LogP contribution in [0.3, 0.4) is 0 Å². The fourth-order valence-corrected chi connectivity index (χ4v) is 2.23. The second-order valence-electron chi connectivity index (χ2n) is 6.31. The Hall–Kier alpha value is -3.36. The summed E-state index contributed by atoms with van der Waals surface area (Å²) in [5.41, 5.74) is 0.817. The first-order valence-corrected chi connectivity index (χ1v) is 8.61. The average molecular weight is 386 g/mol. The lowest BCUT2D eigenvalue weighted by atomic mass is 10.2. The van der Waals surface area contributed by atoms with Crippen LogP contribution in [0.4, 0.5) is 11.9 Å². The Labute approximate surface area is 165 Å². The fourth-order valence-electron chi connectivity index (χ4n) is 2.23. The number of benzene rings is 1. The number of carbonyl (C=O) groups excluding carboxylic acids is 1. The van der Waals surface area contributed by atoms with Gasteiger partial charge in [-0.1, -0.05) is 6.07 Å². The van der Waals surface area contributed by atoms with Gasteiger partial charge in [-0.2, -0.15) is 15.0 Å². The highest BCUT2D eigenvalue weighted by Gasteiger charge is 2.10. The average Bonchev–Trinajstić information content (AvgIpc) is 2.69. The van der Waals surface area contributed by atoms with E-state index in [1.807, 2.05) is 34.3 Å². The van der Waals surface area contributed by atoms with Gasteiger partial charge in [-0.05, 0) is 23.8 Å². The van der Waals surface area contributed by atoms with Crippen LogP contribution in [0.5, 0.6) is 11.5 Å². The number of hydrogen-bond acceptors (Lipinski definition) is 8. The first kappa shape index (κ1) is 20.9. The summed E-state index contributed by atoms with van der Waals surface area (Å²) in [5, 5.41) is 2.78. The minimum atomic E-state index is -0.256. The number of ether oxygens (including phenoxy) is 2. The smallest absolute Gasteiger partial charge is 0.244 e. The molecule has 0 bridgehead atoms. The number of hydrogen-bond donors (Lipinski definition) is 1. The third-order valence-corrected chi connectivity index (χ3v) is 3.71. The number of anilines is 2.